The van der Waals surface area contributed by atoms with Crippen LogP contribution in [0.1, 0.15) is 16.8 Å². The van der Waals surface area contributed by atoms with Gasteiger partial charge in [-0.1, -0.05) is 12.1 Å². The maximum Gasteiger partial charge on any atom is 0.409 e. The van der Waals surface area contributed by atoms with Gasteiger partial charge in [0.1, 0.15) is 18.2 Å². The van der Waals surface area contributed by atoms with E-state index in [0.717, 1.165) is 7.11 Å². The van der Waals surface area contributed by atoms with E-state index in [-0.39, 0.29) is 11.4 Å². The van der Waals surface area contributed by atoms with E-state index in [1.165, 1.54) is 24.3 Å². The Kier molecular flexibility index (Phi) is 6.19. The molecule has 14 heteroatoms. The van der Waals surface area contributed by atoms with Crippen LogP contribution < -0.4 is 15.8 Å². The second kappa shape index (κ2) is 8.72. The monoisotopic (exact) mass is 468 g/mol. The molecule has 0 saturated carbocycles. The number of carbonyl (C=O) groups is 3. The summed E-state index contributed by atoms with van der Waals surface area (Å²) in [5, 5.41) is 13.5. The van der Waals surface area contributed by atoms with Crippen LogP contribution >= 0.6 is 0 Å². The molecule has 0 bridgehead atoms. The third-order valence-electron chi connectivity index (χ3n) is 4.77. The summed E-state index contributed by atoms with van der Waals surface area (Å²) in [5.41, 5.74) is -3.06. The molecule has 11 nitrogen and oxygen atoms in total. The second-order valence-electron chi connectivity index (χ2n) is 6.88. The number of nitro groups is 1. The normalized spacial score (nSPS) is 15.8. The smallest absolute Gasteiger partial charge is 0.409 e. The van der Waals surface area contributed by atoms with Crippen molar-refractivity contribution in [2.75, 3.05) is 17.3 Å². The van der Waals surface area contributed by atoms with Crippen LogP contribution in [0.25, 0.3) is 0 Å². The highest BCUT2D eigenvalue weighted by atomic mass is 19.4. The van der Waals surface area contributed by atoms with Gasteiger partial charge in [0.05, 0.1) is 36.0 Å². The molecular formula is C19H15F3N4O7. The van der Waals surface area contributed by atoms with Crippen molar-refractivity contribution < 1.29 is 37.2 Å². The molecule has 2 heterocycles. The molecule has 174 valence electrons. The van der Waals surface area contributed by atoms with Crippen LogP contribution in [0.2, 0.25) is 0 Å². The summed E-state index contributed by atoms with van der Waals surface area (Å²) in [6.45, 7) is -1.08. The largest absolute Gasteiger partial charge is 0.465 e. The van der Waals surface area contributed by atoms with E-state index in [1.54, 1.807) is 0 Å². The molecule has 0 fully saturated rings. The first-order valence-electron chi connectivity index (χ1n) is 9.19. The maximum absolute atomic E-state index is 13.8. The molecule has 3 rings (SSSR count). The lowest BCUT2D eigenvalue weighted by atomic mass is 10.1. The van der Waals surface area contributed by atoms with Crippen molar-refractivity contribution >= 4 is 34.8 Å². The van der Waals surface area contributed by atoms with E-state index in [4.69, 9.17) is 0 Å². The number of alkyl halides is 3. The van der Waals surface area contributed by atoms with Gasteiger partial charge >= 0.3 is 12.1 Å². The number of hydrogen-bond acceptors (Lipinski definition) is 7. The minimum Gasteiger partial charge on any atom is -0.465 e. The van der Waals surface area contributed by atoms with E-state index >= 15 is 0 Å². The van der Waals surface area contributed by atoms with Crippen molar-refractivity contribution in [2.45, 2.75) is 25.2 Å². The maximum atomic E-state index is 13.8. The minimum atomic E-state index is -5.02. The number of methoxy groups -OCH3 is 1. The molecule has 1 unspecified atom stereocenters. The molecule has 1 aliphatic rings. The van der Waals surface area contributed by atoms with Gasteiger partial charge in [-0.3, -0.25) is 34.0 Å². The van der Waals surface area contributed by atoms with Crippen molar-refractivity contribution in [3.05, 3.63) is 62.6 Å². The minimum absolute atomic E-state index is 0.0655. The molecule has 1 aliphatic heterocycles. The molecule has 0 aliphatic carbocycles. The van der Waals surface area contributed by atoms with Crippen LogP contribution in [0.3, 0.4) is 0 Å². The van der Waals surface area contributed by atoms with Crippen LogP contribution in [0.15, 0.2) is 41.3 Å². The first kappa shape index (κ1) is 23.4. The highest BCUT2D eigenvalue weighted by Gasteiger charge is 2.49. The van der Waals surface area contributed by atoms with Gasteiger partial charge < -0.3 is 10.1 Å². The van der Waals surface area contributed by atoms with Crippen molar-refractivity contribution in [3.8, 4) is 0 Å². The fraction of sp³-hybridized carbons (Fsp3) is 0.263. The Morgan fingerprint density at radius 1 is 1.27 bits per heavy atom. The lowest BCUT2D eigenvalue weighted by molar-refractivity contribution is -0.385. The van der Waals surface area contributed by atoms with E-state index in [2.05, 4.69) is 10.1 Å². The van der Waals surface area contributed by atoms with Gasteiger partial charge in [0.25, 0.3) is 11.2 Å². The molecule has 1 aromatic carbocycles. The number of pyridine rings is 1. The zero-order chi connectivity index (χ0) is 24.5. The average Bonchev–Trinajstić information content (AvgIpc) is 2.90. The summed E-state index contributed by atoms with van der Waals surface area (Å²) in [5.74, 6) is -3.51. The van der Waals surface area contributed by atoms with Gasteiger partial charge in [-0.2, -0.15) is 13.2 Å². The van der Waals surface area contributed by atoms with Crippen LogP contribution in [0, 0.1) is 10.1 Å². The molecule has 0 spiro atoms. The number of anilines is 2. The van der Waals surface area contributed by atoms with Gasteiger partial charge in [-0.15, -0.1) is 0 Å². The number of rotatable bonds is 4. The quantitative estimate of drug-likeness (QED) is 0.410. The number of para-hydroxylation sites is 2. The third-order valence-corrected chi connectivity index (χ3v) is 4.77. The summed E-state index contributed by atoms with van der Waals surface area (Å²) in [6.07, 6.45) is -5.50. The number of esters is 1. The molecule has 0 saturated heterocycles. The fourth-order valence-electron chi connectivity index (χ4n) is 3.31. The van der Waals surface area contributed by atoms with Crippen LogP contribution in [0.4, 0.5) is 30.2 Å². The molecule has 2 amide bonds. The summed E-state index contributed by atoms with van der Waals surface area (Å²) in [7, 11) is 0.919. The zero-order valence-electron chi connectivity index (χ0n) is 16.8. The summed E-state index contributed by atoms with van der Waals surface area (Å²) in [4.78, 5) is 60.1. The fourth-order valence-corrected chi connectivity index (χ4v) is 3.31. The van der Waals surface area contributed by atoms with Gasteiger partial charge in [-0.05, 0) is 12.1 Å². The number of nitrogens with zero attached hydrogens (tertiary/aromatic N) is 3. The SMILES string of the molecule is COC(=O)c1cc([N+](=O)[O-])cn(CC(=O)N2c3ccccc3NC(=O)CC2C(F)(F)F)c1=O. The summed E-state index contributed by atoms with van der Waals surface area (Å²) < 4.78 is 46.3. The van der Waals surface area contributed by atoms with E-state index < -0.39 is 64.7 Å². The first-order valence-corrected chi connectivity index (χ1v) is 9.19. The number of amides is 2. The Hall–Kier alpha value is -4.23. The Morgan fingerprint density at radius 2 is 1.94 bits per heavy atom. The van der Waals surface area contributed by atoms with E-state index in [0.29, 0.717) is 21.7 Å². The van der Waals surface area contributed by atoms with Crippen molar-refractivity contribution in [2.24, 2.45) is 0 Å². The standard InChI is InChI=1S/C19H15F3N4O7/c1-33-18(30)11-6-10(26(31)32)8-24(17(11)29)9-16(28)25-13-5-3-2-4-12(13)23-15(27)7-14(25)19(20,21)22/h2-6,8,14H,7,9H2,1H3,(H,23,27). The number of hydrogen-bond donors (Lipinski definition) is 1. The first-order chi connectivity index (χ1) is 15.4. The van der Waals surface area contributed by atoms with E-state index in [9.17, 15) is 42.5 Å². The molecule has 2 aromatic rings. The average molecular weight is 468 g/mol. The third kappa shape index (κ3) is 4.68. The lowest BCUT2D eigenvalue weighted by Crippen LogP contribution is -2.51. The Morgan fingerprint density at radius 3 is 2.55 bits per heavy atom. The molecule has 1 aromatic heterocycles. The number of nitrogens with one attached hydrogen (secondary N) is 1. The number of ether oxygens (including phenoxy) is 1. The van der Waals surface area contributed by atoms with Crippen LogP contribution in [-0.4, -0.2) is 46.6 Å². The zero-order valence-corrected chi connectivity index (χ0v) is 16.8. The van der Waals surface area contributed by atoms with Crippen molar-refractivity contribution in [3.63, 3.8) is 0 Å². The Balaban J connectivity index is 2.13. The lowest BCUT2D eigenvalue weighted by Gasteiger charge is -2.31. The van der Waals surface area contributed by atoms with Crippen LogP contribution in [0.5, 0.6) is 0 Å². The Labute approximate surface area is 182 Å². The molecular weight excluding hydrogens is 453 g/mol. The topological polar surface area (TPSA) is 141 Å². The molecule has 0 radical (unpaired) electrons. The molecule has 1 N–H and O–H groups in total. The molecule has 1 atom stereocenters. The van der Waals surface area contributed by atoms with Crippen molar-refractivity contribution in [1.29, 1.82) is 0 Å². The summed E-state index contributed by atoms with van der Waals surface area (Å²) >= 11 is 0. The number of benzene rings is 1. The van der Waals surface area contributed by atoms with Gasteiger partial charge in [0.2, 0.25) is 11.8 Å². The predicted molar refractivity (Wildman–Crippen MR) is 106 cm³/mol. The van der Waals surface area contributed by atoms with Crippen molar-refractivity contribution in [1.82, 2.24) is 4.57 Å². The number of fused-ring (bicyclic) bond motifs is 1. The number of carbonyl (C=O) groups excluding carboxylic acids is 3. The number of halogens is 3. The van der Waals surface area contributed by atoms with Gasteiger partial charge in [0, 0.05) is 6.07 Å². The Bertz CT molecular complexity index is 1210. The highest BCUT2D eigenvalue weighted by Crippen LogP contribution is 2.37. The summed E-state index contributed by atoms with van der Waals surface area (Å²) in [6, 6.07) is 3.32. The second-order valence-corrected chi connectivity index (χ2v) is 6.88. The highest BCUT2D eigenvalue weighted by molar-refractivity contribution is 6.04. The van der Waals surface area contributed by atoms with E-state index in [1.807, 2.05) is 0 Å². The predicted octanol–water partition coefficient (Wildman–Crippen LogP) is 1.85. The van der Waals surface area contributed by atoms with Gasteiger partial charge in [-0.25, -0.2) is 4.79 Å². The molecule has 33 heavy (non-hydrogen) atoms. The van der Waals surface area contributed by atoms with Crippen LogP contribution in [-0.2, 0) is 20.9 Å². The van der Waals surface area contributed by atoms with Gasteiger partial charge in [0.15, 0.2) is 0 Å². The number of aromatic nitrogens is 1.